The lowest BCUT2D eigenvalue weighted by molar-refractivity contribution is -0.130. The van der Waals surface area contributed by atoms with Gasteiger partial charge in [0, 0.05) is 18.7 Å². The standard InChI is InChI=1S/C13H17N3O3/c1-13(19)8-16(9-13)7-11(17)14-15-12(18)10-5-3-2-4-6-10/h2-6,19H,7-9H2,1H3,(H,14,17)(H,15,18). The van der Waals surface area contributed by atoms with Crippen LogP contribution in [-0.2, 0) is 4.79 Å². The average Bonchev–Trinajstić information content (AvgIpc) is 2.35. The first kappa shape index (κ1) is 13.5. The van der Waals surface area contributed by atoms with Crippen LogP contribution in [0.25, 0.3) is 0 Å². The van der Waals surface area contributed by atoms with Gasteiger partial charge >= 0.3 is 0 Å². The zero-order valence-corrected chi connectivity index (χ0v) is 10.7. The van der Waals surface area contributed by atoms with Crippen molar-refractivity contribution in [1.29, 1.82) is 0 Å². The average molecular weight is 263 g/mol. The third-order valence-electron chi connectivity index (χ3n) is 2.85. The normalized spacial score (nSPS) is 17.4. The van der Waals surface area contributed by atoms with Gasteiger partial charge in [-0.1, -0.05) is 18.2 Å². The highest BCUT2D eigenvalue weighted by Crippen LogP contribution is 2.18. The van der Waals surface area contributed by atoms with Gasteiger partial charge in [-0.15, -0.1) is 0 Å². The molecule has 1 aromatic carbocycles. The van der Waals surface area contributed by atoms with Gasteiger partial charge in [-0.2, -0.15) is 0 Å². The Morgan fingerprint density at radius 1 is 1.26 bits per heavy atom. The fourth-order valence-corrected chi connectivity index (χ4v) is 2.06. The number of amides is 2. The van der Waals surface area contributed by atoms with Gasteiger partial charge in [0.15, 0.2) is 0 Å². The first-order valence-electron chi connectivity index (χ1n) is 6.05. The first-order valence-corrected chi connectivity index (χ1v) is 6.05. The maximum Gasteiger partial charge on any atom is 0.269 e. The van der Waals surface area contributed by atoms with E-state index in [0.717, 1.165) is 0 Å². The molecule has 0 unspecified atom stereocenters. The summed E-state index contributed by atoms with van der Waals surface area (Å²) in [6, 6.07) is 8.63. The van der Waals surface area contributed by atoms with E-state index in [4.69, 9.17) is 0 Å². The molecule has 0 atom stereocenters. The molecule has 0 aromatic heterocycles. The van der Waals surface area contributed by atoms with Crippen LogP contribution >= 0.6 is 0 Å². The lowest BCUT2D eigenvalue weighted by Crippen LogP contribution is -2.62. The zero-order valence-electron chi connectivity index (χ0n) is 10.7. The molecule has 0 spiro atoms. The van der Waals surface area contributed by atoms with Crippen molar-refractivity contribution in [3.8, 4) is 0 Å². The molecule has 1 fully saturated rings. The number of carbonyl (C=O) groups is 2. The van der Waals surface area contributed by atoms with Crippen molar-refractivity contribution >= 4 is 11.8 Å². The molecule has 0 bridgehead atoms. The minimum Gasteiger partial charge on any atom is -0.388 e. The maximum absolute atomic E-state index is 11.6. The Morgan fingerprint density at radius 2 is 1.89 bits per heavy atom. The van der Waals surface area contributed by atoms with Crippen LogP contribution in [0.3, 0.4) is 0 Å². The number of hydrazine groups is 1. The number of nitrogens with one attached hydrogen (secondary N) is 2. The first-order chi connectivity index (χ1) is 8.96. The zero-order chi connectivity index (χ0) is 13.9. The number of hydrogen-bond donors (Lipinski definition) is 3. The predicted octanol–water partition coefficient (Wildman–Crippen LogP) is -0.486. The molecule has 6 nitrogen and oxygen atoms in total. The van der Waals surface area contributed by atoms with Crippen LogP contribution < -0.4 is 10.9 Å². The fourth-order valence-electron chi connectivity index (χ4n) is 2.06. The minimum absolute atomic E-state index is 0.158. The van der Waals surface area contributed by atoms with Gasteiger partial charge in [0.2, 0.25) is 0 Å². The molecule has 2 rings (SSSR count). The Morgan fingerprint density at radius 3 is 2.47 bits per heavy atom. The van der Waals surface area contributed by atoms with Gasteiger partial charge in [-0.3, -0.25) is 25.3 Å². The van der Waals surface area contributed by atoms with E-state index >= 15 is 0 Å². The largest absolute Gasteiger partial charge is 0.388 e. The van der Waals surface area contributed by atoms with Crippen molar-refractivity contribution in [1.82, 2.24) is 15.8 Å². The van der Waals surface area contributed by atoms with Gasteiger partial charge < -0.3 is 5.11 Å². The fraction of sp³-hybridized carbons (Fsp3) is 0.385. The molecule has 1 saturated heterocycles. The maximum atomic E-state index is 11.6. The highest BCUT2D eigenvalue weighted by atomic mass is 16.3. The molecule has 6 heteroatoms. The van der Waals surface area contributed by atoms with E-state index in [9.17, 15) is 14.7 Å². The third-order valence-corrected chi connectivity index (χ3v) is 2.85. The summed E-state index contributed by atoms with van der Waals surface area (Å²) in [6.07, 6.45) is 0. The van der Waals surface area contributed by atoms with E-state index in [1.165, 1.54) is 0 Å². The van der Waals surface area contributed by atoms with E-state index in [1.54, 1.807) is 36.1 Å². The summed E-state index contributed by atoms with van der Waals surface area (Å²) in [5, 5.41) is 9.52. The third kappa shape index (κ3) is 3.77. The number of carbonyl (C=O) groups excluding carboxylic acids is 2. The molecule has 1 heterocycles. The highest BCUT2D eigenvalue weighted by Gasteiger charge is 2.37. The summed E-state index contributed by atoms with van der Waals surface area (Å²) in [5.41, 5.74) is 4.47. The summed E-state index contributed by atoms with van der Waals surface area (Å²) in [6.45, 7) is 2.81. The van der Waals surface area contributed by atoms with E-state index in [0.29, 0.717) is 18.7 Å². The SMILES string of the molecule is CC1(O)CN(CC(=O)NNC(=O)c2ccccc2)C1. The van der Waals surface area contributed by atoms with Crippen LogP contribution in [0.5, 0.6) is 0 Å². The number of rotatable bonds is 3. The van der Waals surface area contributed by atoms with Crippen LogP contribution in [0.2, 0.25) is 0 Å². The van der Waals surface area contributed by atoms with Gasteiger partial charge in [-0.05, 0) is 19.1 Å². The van der Waals surface area contributed by atoms with Crippen LogP contribution in [0.1, 0.15) is 17.3 Å². The van der Waals surface area contributed by atoms with Crippen molar-refractivity contribution in [2.75, 3.05) is 19.6 Å². The smallest absolute Gasteiger partial charge is 0.269 e. The van der Waals surface area contributed by atoms with Gasteiger partial charge in [0.05, 0.1) is 12.1 Å². The molecule has 1 aliphatic rings. The molecule has 0 radical (unpaired) electrons. The topological polar surface area (TPSA) is 81.7 Å². The number of benzene rings is 1. The number of hydrogen-bond acceptors (Lipinski definition) is 4. The molecule has 102 valence electrons. The van der Waals surface area contributed by atoms with Crippen molar-refractivity contribution < 1.29 is 14.7 Å². The quantitative estimate of drug-likeness (QED) is 0.643. The summed E-state index contributed by atoms with van der Waals surface area (Å²) < 4.78 is 0. The molecule has 3 N–H and O–H groups in total. The number of nitrogens with zero attached hydrogens (tertiary/aromatic N) is 1. The van der Waals surface area contributed by atoms with Gasteiger partial charge in [-0.25, -0.2) is 0 Å². The molecule has 0 aliphatic carbocycles. The van der Waals surface area contributed by atoms with Crippen LogP contribution in [-0.4, -0.2) is 47.1 Å². The Kier molecular flexibility index (Phi) is 3.82. The molecule has 1 aliphatic heterocycles. The Bertz CT molecular complexity index is 465. The molecule has 1 aromatic rings. The van der Waals surface area contributed by atoms with Crippen molar-refractivity contribution in [3.05, 3.63) is 35.9 Å². The molecule has 19 heavy (non-hydrogen) atoms. The van der Waals surface area contributed by atoms with Crippen LogP contribution in [0, 0.1) is 0 Å². The van der Waals surface area contributed by atoms with Crippen molar-refractivity contribution in [2.45, 2.75) is 12.5 Å². The second kappa shape index (κ2) is 5.38. The van der Waals surface area contributed by atoms with E-state index in [-0.39, 0.29) is 18.4 Å². The number of aliphatic hydroxyl groups is 1. The Hall–Kier alpha value is -1.92. The van der Waals surface area contributed by atoms with Crippen LogP contribution in [0.4, 0.5) is 0 Å². The van der Waals surface area contributed by atoms with Gasteiger partial charge in [0.1, 0.15) is 0 Å². The molecular weight excluding hydrogens is 246 g/mol. The van der Waals surface area contributed by atoms with Crippen LogP contribution in [0.15, 0.2) is 30.3 Å². The Balaban J connectivity index is 1.71. The monoisotopic (exact) mass is 263 g/mol. The van der Waals surface area contributed by atoms with Crippen molar-refractivity contribution in [3.63, 3.8) is 0 Å². The van der Waals surface area contributed by atoms with E-state index in [2.05, 4.69) is 10.9 Å². The summed E-state index contributed by atoms with van der Waals surface area (Å²) in [4.78, 5) is 25.0. The highest BCUT2D eigenvalue weighted by molar-refractivity contribution is 5.95. The molecule has 0 saturated carbocycles. The Labute approximate surface area is 111 Å². The summed E-state index contributed by atoms with van der Waals surface area (Å²) in [5.74, 6) is -0.663. The van der Waals surface area contributed by atoms with Gasteiger partial charge in [0.25, 0.3) is 11.8 Å². The van der Waals surface area contributed by atoms with E-state index in [1.807, 2.05) is 6.07 Å². The number of β-amino-alcohol motifs (C(OH)–C–C–N with tert-alkyl or cyclic N) is 1. The lowest BCUT2D eigenvalue weighted by atomic mass is 9.97. The molecular formula is C13H17N3O3. The number of likely N-dealkylation sites (tertiary alicyclic amines) is 1. The minimum atomic E-state index is -0.701. The second-order valence-corrected chi connectivity index (χ2v) is 5.01. The summed E-state index contributed by atoms with van der Waals surface area (Å²) in [7, 11) is 0. The molecule has 2 amide bonds. The lowest BCUT2D eigenvalue weighted by Gasteiger charge is -2.43. The second-order valence-electron chi connectivity index (χ2n) is 5.01. The predicted molar refractivity (Wildman–Crippen MR) is 69.1 cm³/mol. The summed E-state index contributed by atoms with van der Waals surface area (Å²) >= 11 is 0. The van der Waals surface area contributed by atoms with E-state index < -0.39 is 5.60 Å². The van der Waals surface area contributed by atoms with Crippen molar-refractivity contribution in [2.24, 2.45) is 0 Å².